The summed E-state index contributed by atoms with van der Waals surface area (Å²) in [5.41, 5.74) is 7.38. The van der Waals surface area contributed by atoms with E-state index >= 15 is 0 Å². The largest absolute Gasteiger partial charge is 0.494 e. The quantitative estimate of drug-likeness (QED) is 0.724. The van der Waals surface area contributed by atoms with Crippen molar-refractivity contribution in [1.29, 1.82) is 0 Å². The van der Waals surface area contributed by atoms with Crippen LogP contribution in [-0.2, 0) is 4.79 Å². The average molecular weight is 369 g/mol. The van der Waals surface area contributed by atoms with Crippen molar-refractivity contribution >= 4 is 23.2 Å². The minimum absolute atomic E-state index is 0.233. The molecule has 0 fully saturated rings. The van der Waals surface area contributed by atoms with Gasteiger partial charge in [0.25, 0.3) is 5.91 Å². The number of nitrogens with two attached hydrogens (primary N) is 1. The zero-order chi connectivity index (χ0) is 20.0. The Kier molecular flexibility index (Phi) is 6.58. The summed E-state index contributed by atoms with van der Waals surface area (Å²) in [6, 6.07) is 13.2. The minimum Gasteiger partial charge on any atom is -0.494 e. The number of hydrogen-bond donors (Lipinski definition) is 3. The van der Waals surface area contributed by atoms with Crippen molar-refractivity contribution in [3.8, 4) is 5.75 Å². The Morgan fingerprint density at radius 2 is 1.48 bits per heavy atom. The lowest BCUT2D eigenvalue weighted by Gasteiger charge is -2.25. The number of ether oxygens (including phenoxy) is 1. The molecular weight excluding hydrogens is 342 g/mol. The van der Waals surface area contributed by atoms with Gasteiger partial charge in [0.1, 0.15) is 5.75 Å². The van der Waals surface area contributed by atoms with Crippen LogP contribution in [0.3, 0.4) is 0 Å². The molecular formula is C21H27N3O3. The number of carbonyl (C=O) groups is 2. The van der Waals surface area contributed by atoms with Crippen LogP contribution in [0, 0.1) is 5.41 Å². The van der Waals surface area contributed by atoms with Crippen LogP contribution in [0.25, 0.3) is 0 Å². The second-order valence-electron chi connectivity index (χ2n) is 7.32. The fourth-order valence-corrected chi connectivity index (χ4v) is 2.32. The molecule has 0 spiro atoms. The van der Waals surface area contributed by atoms with Crippen LogP contribution in [0.5, 0.6) is 5.75 Å². The lowest BCUT2D eigenvalue weighted by Crippen LogP contribution is -2.45. The maximum Gasteiger partial charge on any atom is 0.255 e. The Morgan fingerprint density at radius 3 is 2.00 bits per heavy atom. The summed E-state index contributed by atoms with van der Waals surface area (Å²) in [6.07, 6.45) is 0. The zero-order valence-electron chi connectivity index (χ0n) is 16.2. The third-order valence-corrected chi connectivity index (χ3v) is 4.05. The van der Waals surface area contributed by atoms with Gasteiger partial charge in [-0.1, -0.05) is 20.8 Å². The fourth-order valence-electron chi connectivity index (χ4n) is 2.32. The smallest absolute Gasteiger partial charge is 0.255 e. The first kappa shape index (κ1) is 20.5. The first-order valence-electron chi connectivity index (χ1n) is 8.91. The van der Waals surface area contributed by atoms with E-state index in [9.17, 15) is 9.59 Å². The number of nitrogens with one attached hydrogen (secondary N) is 2. The molecule has 0 saturated heterocycles. The van der Waals surface area contributed by atoms with Crippen LogP contribution < -0.4 is 21.1 Å². The molecule has 0 aliphatic heterocycles. The molecule has 0 saturated carbocycles. The third kappa shape index (κ3) is 5.82. The SMILES string of the molecule is CCOc1ccc(NC(=O)c2ccc(NC(=O)[C@@H](N)C(C)(C)C)cc2)cc1. The highest BCUT2D eigenvalue weighted by molar-refractivity contribution is 6.04. The molecule has 2 amide bonds. The van der Waals surface area contributed by atoms with E-state index in [0.29, 0.717) is 23.5 Å². The van der Waals surface area contributed by atoms with Gasteiger partial charge in [0, 0.05) is 16.9 Å². The van der Waals surface area contributed by atoms with E-state index in [0.717, 1.165) is 5.75 Å². The van der Waals surface area contributed by atoms with Crippen molar-refractivity contribution in [2.24, 2.45) is 11.1 Å². The monoisotopic (exact) mass is 369 g/mol. The Morgan fingerprint density at radius 1 is 0.963 bits per heavy atom. The van der Waals surface area contributed by atoms with Gasteiger partial charge >= 0.3 is 0 Å². The van der Waals surface area contributed by atoms with Gasteiger partial charge in [-0.05, 0) is 60.9 Å². The molecule has 27 heavy (non-hydrogen) atoms. The molecule has 0 bridgehead atoms. The van der Waals surface area contributed by atoms with Crippen LogP contribution in [0.1, 0.15) is 38.1 Å². The summed E-state index contributed by atoms with van der Waals surface area (Å²) in [7, 11) is 0. The standard InChI is InChI=1S/C21H27N3O3/c1-5-27-17-12-10-16(11-13-17)23-19(25)14-6-8-15(9-7-14)24-20(26)18(22)21(2,3)4/h6-13,18H,5,22H2,1-4H3,(H,23,25)(H,24,26)/t18-/m1/s1. The van der Waals surface area contributed by atoms with Gasteiger partial charge in [0.2, 0.25) is 5.91 Å². The van der Waals surface area contributed by atoms with Crippen molar-refractivity contribution in [1.82, 2.24) is 0 Å². The van der Waals surface area contributed by atoms with E-state index in [2.05, 4.69) is 10.6 Å². The Bertz CT molecular complexity index is 778. The molecule has 144 valence electrons. The fraction of sp³-hybridized carbons (Fsp3) is 0.333. The number of hydrogen-bond acceptors (Lipinski definition) is 4. The summed E-state index contributed by atoms with van der Waals surface area (Å²) in [6.45, 7) is 8.23. The highest BCUT2D eigenvalue weighted by atomic mass is 16.5. The second kappa shape index (κ2) is 8.68. The minimum atomic E-state index is -0.625. The maximum atomic E-state index is 12.3. The van der Waals surface area contributed by atoms with Gasteiger partial charge in [-0.15, -0.1) is 0 Å². The highest BCUT2D eigenvalue weighted by Crippen LogP contribution is 2.20. The summed E-state index contributed by atoms with van der Waals surface area (Å²) in [5.74, 6) is 0.265. The van der Waals surface area contributed by atoms with Gasteiger partial charge in [-0.25, -0.2) is 0 Å². The summed E-state index contributed by atoms with van der Waals surface area (Å²) >= 11 is 0. The van der Waals surface area contributed by atoms with E-state index in [1.165, 1.54) is 0 Å². The molecule has 0 aromatic heterocycles. The van der Waals surface area contributed by atoms with Gasteiger partial charge in [-0.3, -0.25) is 9.59 Å². The summed E-state index contributed by atoms with van der Waals surface area (Å²) < 4.78 is 5.38. The lowest BCUT2D eigenvalue weighted by molar-refractivity contribution is -0.119. The zero-order valence-corrected chi connectivity index (χ0v) is 16.2. The van der Waals surface area contributed by atoms with E-state index < -0.39 is 6.04 Å². The van der Waals surface area contributed by atoms with E-state index in [-0.39, 0.29) is 17.2 Å². The van der Waals surface area contributed by atoms with Crippen LogP contribution in [0.2, 0.25) is 0 Å². The van der Waals surface area contributed by atoms with Crippen molar-refractivity contribution in [2.75, 3.05) is 17.2 Å². The van der Waals surface area contributed by atoms with Crippen molar-refractivity contribution < 1.29 is 14.3 Å². The Balaban J connectivity index is 1.97. The lowest BCUT2D eigenvalue weighted by atomic mass is 9.87. The van der Waals surface area contributed by atoms with Crippen molar-refractivity contribution in [3.05, 3.63) is 54.1 Å². The molecule has 0 radical (unpaired) electrons. The number of rotatable bonds is 6. The maximum absolute atomic E-state index is 12.3. The number of carbonyl (C=O) groups excluding carboxylic acids is 2. The number of benzene rings is 2. The van der Waals surface area contributed by atoms with E-state index in [4.69, 9.17) is 10.5 Å². The van der Waals surface area contributed by atoms with Crippen molar-refractivity contribution in [3.63, 3.8) is 0 Å². The normalized spacial score (nSPS) is 12.2. The van der Waals surface area contributed by atoms with Crippen LogP contribution in [-0.4, -0.2) is 24.5 Å². The molecule has 4 N–H and O–H groups in total. The predicted molar refractivity (Wildman–Crippen MR) is 108 cm³/mol. The molecule has 2 rings (SSSR count). The number of amides is 2. The molecule has 6 nitrogen and oxygen atoms in total. The van der Waals surface area contributed by atoms with E-state index in [1.807, 2.05) is 27.7 Å². The molecule has 6 heteroatoms. The van der Waals surface area contributed by atoms with Gasteiger partial charge in [0.15, 0.2) is 0 Å². The second-order valence-corrected chi connectivity index (χ2v) is 7.32. The van der Waals surface area contributed by atoms with E-state index in [1.54, 1.807) is 48.5 Å². The van der Waals surface area contributed by atoms with Crippen molar-refractivity contribution in [2.45, 2.75) is 33.7 Å². The predicted octanol–water partition coefficient (Wildman–Crippen LogP) is 3.65. The highest BCUT2D eigenvalue weighted by Gasteiger charge is 2.27. The Hall–Kier alpha value is -2.86. The summed E-state index contributed by atoms with van der Waals surface area (Å²) in [4.78, 5) is 24.5. The Labute approximate surface area is 160 Å². The molecule has 2 aromatic carbocycles. The topological polar surface area (TPSA) is 93.5 Å². The third-order valence-electron chi connectivity index (χ3n) is 4.05. The molecule has 0 heterocycles. The van der Waals surface area contributed by atoms with Gasteiger partial charge < -0.3 is 21.1 Å². The molecule has 1 atom stereocenters. The summed E-state index contributed by atoms with van der Waals surface area (Å²) in [5, 5.41) is 5.60. The number of anilines is 2. The molecule has 0 unspecified atom stereocenters. The van der Waals surface area contributed by atoms with Gasteiger partial charge in [0.05, 0.1) is 12.6 Å². The first-order valence-corrected chi connectivity index (χ1v) is 8.91. The molecule has 0 aliphatic rings. The molecule has 2 aromatic rings. The molecule has 0 aliphatic carbocycles. The van der Waals surface area contributed by atoms with Crippen LogP contribution in [0.4, 0.5) is 11.4 Å². The van der Waals surface area contributed by atoms with Gasteiger partial charge in [-0.2, -0.15) is 0 Å². The average Bonchev–Trinajstić information content (AvgIpc) is 2.62. The first-order chi connectivity index (χ1) is 12.7. The van der Waals surface area contributed by atoms with Crippen LogP contribution >= 0.6 is 0 Å². The van der Waals surface area contributed by atoms with Crippen LogP contribution in [0.15, 0.2) is 48.5 Å².